The van der Waals surface area contributed by atoms with Crippen LogP contribution >= 0.6 is 0 Å². The Hall–Kier alpha value is -2.93. The van der Waals surface area contributed by atoms with E-state index in [0.717, 1.165) is 23.2 Å². The molecule has 28 heavy (non-hydrogen) atoms. The second-order valence-corrected chi connectivity index (χ2v) is 7.10. The standard InChI is InChI=1S/C21H24N4O3/c1-3-16-20(14-7-5-4-6-8-14)21-22-17(12-19(27)25(21)23-16)15-11-18(26)24(13-15)9-10-28-2/h4-8,12,15,23H,3,9-11,13H2,1-2H3/t15-/m0/s1. The molecule has 0 saturated carbocycles. The first-order valence-corrected chi connectivity index (χ1v) is 9.59. The number of methoxy groups -OCH3 is 1. The second kappa shape index (κ2) is 7.59. The minimum atomic E-state index is -0.153. The maximum Gasteiger partial charge on any atom is 0.272 e. The summed E-state index contributed by atoms with van der Waals surface area (Å²) in [6.45, 7) is 3.68. The Labute approximate surface area is 162 Å². The number of carbonyl (C=O) groups is 1. The maximum atomic E-state index is 12.8. The largest absolute Gasteiger partial charge is 0.383 e. The number of nitrogens with zero attached hydrogens (tertiary/aromatic N) is 3. The van der Waals surface area contributed by atoms with Crippen LogP contribution in [-0.4, -0.2) is 52.2 Å². The highest BCUT2D eigenvalue weighted by molar-refractivity contribution is 5.81. The van der Waals surface area contributed by atoms with E-state index in [-0.39, 0.29) is 17.4 Å². The molecule has 0 unspecified atom stereocenters. The molecule has 3 heterocycles. The van der Waals surface area contributed by atoms with Gasteiger partial charge in [-0.2, -0.15) is 0 Å². The Morgan fingerprint density at radius 2 is 2.04 bits per heavy atom. The fraction of sp³-hybridized carbons (Fsp3) is 0.381. The smallest absolute Gasteiger partial charge is 0.272 e. The van der Waals surface area contributed by atoms with E-state index in [1.165, 1.54) is 4.52 Å². The minimum absolute atomic E-state index is 0.0781. The van der Waals surface area contributed by atoms with Crippen LogP contribution in [0.5, 0.6) is 0 Å². The van der Waals surface area contributed by atoms with E-state index in [4.69, 9.17) is 9.72 Å². The monoisotopic (exact) mass is 380 g/mol. The number of carbonyl (C=O) groups excluding carboxylic acids is 1. The van der Waals surface area contributed by atoms with Gasteiger partial charge < -0.3 is 9.64 Å². The van der Waals surface area contributed by atoms with E-state index in [1.807, 2.05) is 37.3 Å². The van der Waals surface area contributed by atoms with Gasteiger partial charge in [0, 0.05) is 49.9 Å². The summed E-state index contributed by atoms with van der Waals surface area (Å²) in [4.78, 5) is 31.7. The average molecular weight is 380 g/mol. The number of nitrogens with one attached hydrogen (secondary N) is 1. The molecule has 0 spiro atoms. The summed E-state index contributed by atoms with van der Waals surface area (Å²) < 4.78 is 6.59. The molecule has 3 aromatic rings. The number of aromatic nitrogens is 3. The summed E-state index contributed by atoms with van der Waals surface area (Å²) in [5, 5.41) is 3.19. The van der Waals surface area contributed by atoms with Gasteiger partial charge in [-0.1, -0.05) is 37.3 Å². The fourth-order valence-corrected chi connectivity index (χ4v) is 3.86. The number of H-pyrrole nitrogens is 1. The summed E-state index contributed by atoms with van der Waals surface area (Å²) in [5.41, 5.74) is 4.08. The van der Waals surface area contributed by atoms with Crippen LogP contribution < -0.4 is 5.56 Å². The molecular weight excluding hydrogens is 356 g/mol. The number of aromatic amines is 1. The lowest BCUT2D eigenvalue weighted by molar-refractivity contribution is -0.128. The van der Waals surface area contributed by atoms with Gasteiger partial charge in [-0.3, -0.25) is 14.7 Å². The molecule has 1 aromatic carbocycles. The van der Waals surface area contributed by atoms with E-state index in [0.29, 0.717) is 37.5 Å². The molecule has 1 atom stereocenters. The van der Waals surface area contributed by atoms with Crippen LogP contribution in [0.3, 0.4) is 0 Å². The third-order valence-electron chi connectivity index (χ3n) is 5.32. The predicted octanol–water partition coefficient (Wildman–Crippen LogP) is 2.21. The van der Waals surface area contributed by atoms with Crippen molar-refractivity contribution in [2.75, 3.05) is 26.8 Å². The molecule has 146 valence electrons. The number of benzene rings is 1. The second-order valence-electron chi connectivity index (χ2n) is 7.10. The average Bonchev–Trinajstić information content (AvgIpc) is 3.27. The van der Waals surface area contributed by atoms with Crippen LogP contribution in [0.25, 0.3) is 16.8 Å². The summed E-state index contributed by atoms with van der Waals surface area (Å²) >= 11 is 0. The Morgan fingerprint density at radius 3 is 2.75 bits per heavy atom. The Kier molecular flexibility index (Phi) is 5.00. The van der Waals surface area contributed by atoms with Crippen molar-refractivity contribution in [2.24, 2.45) is 0 Å². The summed E-state index contributed by atoms with van der Waals surface area (Å²) in [7, 11) is 1.62. The summed E-state index contributed by atoms with van der Waals surface area (Å²) in [5.74, 6) is 0.00121. The number of amides is 1. The molecule has 7 nitrogen and oxygen atoms in total. The molecule has 0 radical (unpaired) electrons. The molecule has 1 fully saturated rings. The number of fused-ring (bicyclic) bond motifs is 1. The van der Waals surface area contributed by atoms with E-state index in [2.05, 4.69) is 5.10 Å². The fourth-order valence-electron chi connectivity index (χ4n) is 3.86. The number of ether oxygens (including phenoxy) is 1. The normalized spacial score (nSPS) is 17.0. The molecule has 1 aliphatic heterocycles. The first kappa shape index (κ1) is 18.4. The lowest BCUT2D eigenvalue weighted by Gasteiger charge is -2.15. The van der Waals surface area contributed by atoms with Crippen LogP contribution in [0.15, 0.2) is 41.2 Å². The van der Waals surface area contributed by atoms with Gasteiger partial charge in [-0.15, -0.1) is 0 Å². The van der Waals surface area contributed by atoms with Gasteiger partial charge in [0.05, 0.1) is 12.3 Å². The molecule has 1 saturated heterocycles. The van der Waals surface area contributed by atoms with Gasteiger partial charge in [0.1, 0.15) is 0 Å². The Balaban J connectivity index is 1.78. The van der Waals surface area contributed by atoms with Gasteiger partial charge in [-0.25, -0.2) is 9.50 Å². The quantitative estimate of drug-likeness (QED) is 0.711. The Bertz CT molecular complexity index is 1050. The van der Waals surface area contributed by atoms with Crippen LogP contribution in [0.1, 0.15) is 30.7 Å². The first-order chi connectivity index (χ1) is 13.6. The zero-order valence-electron chi connectivity index (χ0n) is 16.1. The summed E-state index contributed by atoms with van der Waals surface area (Å²) in [6.07, 6.45) is 1.13. The number of hydrogen-bond donors (Lipinski definition) is 1. The van der Waals surface area contributed by atoms with Crippen molar-refractivity contribution >= 4 is 11.6 Å². The molecule has 1 amide bonds. The van der Waals surface area contributed by atoms with Crippen LogP contribution in [-0.2, 0) is 16.0 Å². The van der Waals surface area contributed by atoms with Crippen molar-refractivity contribution in [1.29, 1.82) is 0 Å². The lowest BCUT2D eigenvalue weighted by Crippen LogP contribution is -2.28. The third kappa shape index (κ3) is 3.22. The number of likely N-dealkylation sites (tertiary alicyclic amines) is 1. The molecule has 1 N–H and O–H groups in total. The lowest BCUT2D eigenvalue weighted by atomic mass is 10.0. The maximum absolute atomic E-state index is 12.8. The Morgan fingerprint density at radius 1 is 1.25 bits per heavy atom. The number of hydrogen-bond acceptors (Lipinski definition) is 4. The minimum Gasteiger partial charge on any atom is -0.383 e. The first-order valence-electron chi connectivity index (χ1n) is 9.59. The van der Waals surface area contributed by atoms with E-state index in [9.17, 15) is 9.59 Å². The van der Waals surface area contributed by atoms with Crippen LogP contribution in [0.2, 0.25) is 0 Å². The van der Waals surface area contributed by atoms with Gasteiger partial charge in [0.2, 0.25) is 5.91 Å². The van der Waals surface area contributed by atoms with Crippen molar-refractivity contribution < 1.29 is 9.53 Å². The van der Waals surface area contributed by atoms with Crippen molar-refractivity contribution in [1.82, 2.24) is 19.5 Å². The molecule has 4 rings (SSSR count). The van der Waals surface area contributed by atoms with Crippen molar-refractivity contribution in [3.8, 4) is 11.1 Å². The molecule has 1 aliphatic rings. The van der Waals surface area contributed by atoms with E-state index < -0.39 is 0 Å². The molecule has 0 bridgehead atoms. The zero-order chi connectivity index (χ0) is 19.7. The highest BCUT2D eigenvalue weighted by Crippen LogP contribution is 2.30. The zero-order valence-corrected chi connectivity index (χ0v) is 16.1. The van der Waals surface area contributed by atoms with E-state index >= 15 is 0 Å². The van der Waals surface area contributed by atoms with Crippen molar-refractivity contribution in [2.45, 2.75) is 25.7 Å². The number of rotatable bonds is 6. The van der Waals surface area contributed by atoms with Crippen LogP contribution in [0, 0.1) is 0 Å². The predicted molar refractivity (Wildman–Crippen MR) is 106 cm³/mol. The summed E-state index contributed by atoms with van der Waals surface area (Å²) in [6, 6.07) is 11.5. The molecule has 7 heteroatoms. The molecular formula is C21H24N4O3. The molecule has 0 aliphatic carbocycles. The van der Waals surface area contributed by atoms with Gasteiger partial charge in [0.15, 0.2) is 5.65 Å². The topological polar surface area (TPSA) is 79.7 Å². The third-order valence-corrected chi connectivity index (χ3v) is 5.32. The highest BCUT2D eigenvalue weighted by Gasteiger charge is 2.32. The number of aryl methyl sites for hydroxylation is 1. The van der Waals surface area contributed by atoms with Crippen molar-refractivity contribution in [3.05, 3.63) is 58.1 Å². The van der Waals surface area contributed by atoms with Gasteiger partial charge in [-0.05, 0) is 12.0 Å². The van der Waals surface area contributed by atoms with Crippen LogP contribution in [0.4, 0.5) is 0 Å². The van der Waals surface area contributed by atoms with Crippen molar-refractivity contribution in [3.63, 3.8) is 0 Å². The van der Waals surface area contributed by atoms with E-state index in [1.54, 1.807) is 18.1 Å². The molecule has 2 aromatic heterocycles. The van der Waals surface area contributed by atoms with Gasteiger partial charge >= 0.3 is 0 Å². The van der Waals surface area contributed by atoms with Gasteiger partial charge in [0.25, 0.3) is 5.56 Å². The highest BCUT2D eigenvalue weighted by atomic mass is 16.5. The SMILES string of the molecule is CCc1[nH]n2c(=O)cc([C@H]3CC(=O)N(CCOC)C3)nc2c1-c1ccccc1.